The zero-order valence-corrected chi connectivity index (χ0v) is 14.5. The van der Waals surface area contributed by atoms with Gasteiger partial charge in [0.15, 0.2) is 0 Å². The van der Waals surface area contributed by atoms with Crippen molar-refractivity contribution in [3.63, 3.8) is 0 Å². The minimum atomic E-state index is 0.00505. The van der Waals surface area contributed by atoms with Crippen LogP contribution in [0.1, 0.15) is 47.6 Å². The van der Waals surface area contributed by atoms with Crippen LogP contribution in [0, 0.1) is 12.8 Å². The number of pyridine rings is 1. The second-order valence-corrected chi connectivity index (χ2v) is 7.06. The molecule has 1 aliphatic rings. The summed E-state index contributed by atoms with van der Waals surface area (Å²) in [4.78, 5) is 19.3. The molecule has 3 rings (SSSR count). The Morgan fingerprint density at radius 2 is 2.17 bits per heavy atom. The molecule has 0 saturated heterocycles. The van der Waals surface area contributed by atoms with Gasteiger partial charge < -0.3 is 10.2 Å². The number of carbonyl (C=O) groups is 1. The third kappa shape index (κ3) is 3.39. The molecule has 0 aromatic carbocycles. The van der Waals surface area contributed by atoms with Crippen molar-refractivity contribution in [2.75, 3.05) is 27.2 Å². The van der Waals surface area contributed by atoms with Crippen molar-refractivity contribution in [2.45, 2.75) is 32.6 Å². The molecule has 124 valence electrons. The van der Waals surface area contributed by atoms with E-state index in [1.165, 1.54) is 12.8 Å². The van der Waals surface area contributed by atoms with Crippen LogP contribution in [0.15, 0.2) is 18.3 Å². The van der Waals surface area contributed by atoms with Gasteiger partial charge in [-0.15, -0.1) is 0 Å². The topological polar surface area (TPSA) is 49.6 Å². The average molecular weight is 314 g/mol. The van der Waals surface area contributed by atoms with E-state index >= 15 is 0 Å². The number of nitrogens with one attached hydrogen (secondary N) is 1. The van der Waals surface area contributed by atoms with Crippen molar-refractivity contribution in [3.8, 4) is 0 Å². The SMILES string of the molecule is Cc1c(C(=O)NCC(C)CN(C)C)ccc2cnc(C3CC3)n12. The molecule has 5 heteroatoms. The first-order valence-electron chi connectivity index (χ1n) is 8.37. The highest BCUT2D eigenvalue weighted by Crippen LogP contribution is 2.39. The van der Waals surface area contributed by atoms with Gasteiger partial charge in [-0.25, -0.2) is 4.98 Å². The van der Waals surface area contributed by atoms with E-state index in [0.29, 0.717) is 18.4 Å². The molecular weight excluding hydrogens is 288 g/mol. The molecule has 2 heterocycles. The quantitative estimate of drug-likeness (QED) is 0.891. The molecule has 1 N–H and O–H groups in total. The number of amides is 1. The largest absolute Gasteiger partial charge is 0.352 e. The summed E-state index contributed by atoms with van der Waals surface area (Å²) in [5, 5.41) is 3.07. The van der Waals surface area contributed by atoms with Gasteiger partial charge in [0.25, 0.3) is 5.91 Å². The Labute approximate surface area is 137 Å². The predicted octanol–water partition coefficient (Wildman–Crippen LogP) is 2.45. The van der Waals surface area contributed by atoms with Gasteiger partial charge in [0.1, 0.15) is 5.82 Å². The Hall–Kier alpha value is -1.88. The lowest BCUT2D eigenvalue weighted by atomic mass is 10.1. The molecule has 1 amide bonds. The number of carbonyl (C=O) groups excluding carboxylic acids is 1. The molecule has 1 saturated carbocycles. The van der Waals surface area contributed by atoms with E-state index in [1.807, 2.05) is 25.3 Å². The highest BCUT2D eigenvalue weighted by Gasteiger charge is 2.28. The number of hydrogen-bond donors (Lipinski definition) is 1. The summed E-state index contributed by atoms with van der Waals surface area (Å²) in [6, 6.07) is 3.90. The molecule has 5 nitrogen and oxygen atoms in total. The maximum atomic E-state index is 12.6. The summed E-state index contributed by atoms with van der Waals surface area (Å²) in [7, 11) is 4.10. The first-order valence-corrected chi connectivity index (χ1v) is 8.37. The van der Waals surface area contributed by atoms with E-state index in [9.17, 15) is 4.79 Å². The number of hydrogen-bond acceptors (Lipinski definition) is 3. The monoisotopic (exact) mass is 314 g/mol. The minimum absolute atomic E-state index is 0.00505. The highest BCUT2D eigenvalue weighted by molar-refractivity contribution is 5.95. The fourth-order valence-corrected chi connectivity index (χ4v) is 3.19. The van der Waals surface area contributed by atoms with Crippen LogP contribution in [0.25, 0.3) is 5.52 Å². The van der Waals surface area contributed by atoms with Crippen LogP contribution < -0.4 is 5.32 Å². The molecule has 23 heavy (non-hydrogen) atoms. The van der Waals surface area contributed by atoms with Crippen molar-refractivity contribution in [1.29, 1.82) is 0 Å². The Morgan fingerprint density at radius 3 is 2.83 bits per heavy atom. The molecule has 0 spiro atoms. The van der Waals surface area contributed by atoms with E-state index in [0.717, 1.165) is 29.1 Å². The fraction of sp³-hybridized carbons (Fsp3) is 0.556. The Bertz CT molecular complexity index is 715. The third-order valence-corrected chi connectivity index (χ3v) is 4.44. The van der Waals surface area contributed by atoms with Crippen LogP contribution in [-0.4, -0.2) is 47.4 Å². The van der Waals surface area contributed by atoms with E-state index in [1.54, 1.807) is 0 Å². The van der Waals surface area contributed by atoms with Crippen molar-refractivity contribution in [3.05, 3.63) is 35.4 Å². The molecule has 1 aliphatic carbocycles. The van der Waals surface area contributed by atoms with Crippen LogP contribution in [0.5, 0.6) is 0 Å². The second-order valence-electron chi connectivity index (χ2n) is 7.06. The molecule has 2 aromatic heterocycles. The normalized spacial score (nSPS) is 16.0. The lowest BCUT2D eigenvalue weighted by Gasteiger charge is -2.18. The van der Waals surface area contributed by atoms with Gasteiger partial charge in [0, 0.05) is 24.7 Å². The molecule has 1 atom stereocenters. The smallest absolute Gasteiger partial charge is 0.253 e. The van der Waals surface area contributed by atoms with E-state index in [4.69, 9.17) is 0 Å². The molecule has 1 unspecified atom stereocenters. The van der Waals surface area contributed by atoms with Gasteiger partial charge in [-0.05, 0) is 51.9 Å². The van der Waals surface area contributed by atoms with Crippen molar-refractivity contribution in [2.24, 2.45) is 5.92 Å². The van der Waals surface area contributed by atoms with E-state index < -0.39 is 0 Å². The van der Waals surface area contributed by atoms with Crippen LogP contribution >= 0.6 is 0 Å². The molecule has 0 radical (unpaired) electrons. The van der Waals surface area contributed by atoms with Gasteiger partial charge in [-0.2, -0.15) is 0 Å². The highest BCUT2D eigenvalue weighted by atomic mass is 16.1. The Morgan fingerprint density at radius 1 is 1.43 bits per heavy atom. The van der Waals surface area contributed by atoms with E-state index in [2.05, 4.69) is 40.6 Å². The predicted molar refractivity (Wildman–Crippen MR) is 92.0 cm³/mol. The summed E-state index contributed by atoms with van der Waals surface area (Å²) in [5.41, 5.74) is 2.80. The summed E-state index contributed by atoms with van der Waals surface area (Å²) in [5.74, 6) is 2.10. The number of aryl methyl sites for hydroxylation is 1. The first-order chi connectivity index (χ1) is 11.0. The summed E-state index contributed by atoms with van der Waals surface area (Å²) in [6.07, 6.45) is 4.32. The molecule has 0 bridgehead atoms. The van der Waals surface area contributed by atoms with Gasteiger partial charge >= 0.3 is 0 Å². The van der Waals surface area contributed by atoms with Crippen LogP contribution in [0.4, 0.5) is 0 Å². The number of nitrogens with zero attached hydrogens (tertiary/aromatic N) is 3. The fourth-order valence-electron chi connectivity index (χ4n) is 3.19. The van der Waals surface area contributed by atoms with Crippen LogP contribution in [-0.2, 0) is 0 Å². The van der Waals surface area contributed by atoms with E-state index in [-0.39, 0.29) is 5.91 Å². The zero-order chi connectivity index (χ0) is 16.6. The van der Waals surface area contributed by atoms with Gasteiger partial charge in [0.2, 0.25) is 0 Å². The lowest BCUT2D eigenvalue weighted by molar-refractivity contribution is 0.0944. The van der Waals surface area contributed by atoms with Crippen molar-refractivity contribution < 1.29 is 4.79 Å². The van der Waals surface area contributed by atoms with Crippen LogP contribution in [0.2, 0.25) is 0 Å². The Kier molecular flexibility index (Phi) is 4.39. The Balaban J connectivity index is 1.78. The minimum Gasteiger partial charge on any atom is -0.352 e. The van der Waals surface area contributed by atoms with Crippen LogP contribution in [0.3, 0.4) is 0 Å². The number of imidazole rings is 1. The molecule has 2 aromatic rings. The summed E-state index contributed by atoms with van der Waals surface area (Å²) < 4.78 is 2.15. The van der Waals surface area contributed by atoms with Crippen molar-refractivity contribution >= 4 is 11.4 Å². The van der Waals surface area contributed by atoms with Gasteiger partial charge in [-0.1, -0.05) is 6.92 Å². The number of aromatic nitrogens is 2. The molecular formula is C18H26N4O. The summed E-state index contributed by atoms with van der Waals surface area (Å²) in [6.45, 7) is 5.82. The number of fused-ring (bicyclic) bond motifs is 1. The second kappa shape index (κ2) is 6.32. The maximum absolute atomic E-state index is 12.6. The maximum Gasteiger partial charge on any atom is 0.253 e. The average Bonchev–Trinajstić information content (AvgIpc) is 3.24. The van der Waals surface area contributed by atoms with Gasteiger partial charge in [0.05, 0.1) is 17.3 Å². The van der Waals surface area contributed by atoms with Crippen molar-refractivity contribution in [1.82, 2.24) is 19.6 Å². The first kappa shape index (κ1) is 16.0. The molecule has 0 aliphatic heterocycles. The van der Waals surface area contributed by atoms with Gasteiger partial charge in [-0.3, -0.25) is 9.20 Å². The third-order valence-electron chi connectivity index (χ3n) is 4.44. The molecule has 1 fully saturated rings. The lowest BCUT2D eigenvalue weighted by Crippen LogP contribution is -2.33. The summed E-state index contributed by atoms with van der Waals surface area (Å²) >= 11 is 0. The standard InChI is InChI=1S/C18H26N4O/c1-12(11-21(3)4)9-20-18(23)16-8-7-15-10-19-17(14-5-6-14)22(15)13(16)2/h7-8,10,12,14H,5-6,9,11H2,1-4H3,(H,20,23). The number of rotatable bonds is 6. The zero-order valence-electron chi connectivity index (χ0n) is 14.5.